The Balaban J connectivity index is 1.33. The van der Waals surface area contributed by atoms with E-state index in [1.807, 2.05) is 4.90 Å². The number of carbonyl (C=O) groups excluding carboxylic acids is 1. The molecule has 4 rings (SSSR count). The van der Waals surface area contributed by atoms with E-state index in [0.717, 1.165) is 56.7 Å². The van der Waals surface area contributed by atoms with Gasteiger partial charge < -0.3 is 19.7 Å². The zero-order valence-corrected chi connectivity index (χ0v) is 14.0. The summed E-state index contributed by atoms with van der Waals surface area (Å²) in [6.45, 7) is 7.20. The van der Waals surface area contributed by atoms with Gasteiger partial charge in [-0.15, -0.1) is 0 Å². The lowest BCUT2D eigenvalue weighted by molar-refractivity contribution is 0.0354. The molecule has 3 heterocycles. The van der Waals surface area contributed by atoms with E-state index in [0.29, 0.717) is 11.6 Å². The lowest BCUT2D eigenvalue weighted by Crippen LogP contribution is -2.56. The lowest BCUT2D eigenvalue weighted by atomic mass is 9.98. The Labute approximate surface area is 141 Å². The van der Waals surface area contributed by atoms with Gasteiger partial charge in [0.1, 0.15) is 11.5 Å². The summed E-state index contributed by atoms with van der Waals surface area (Å²) in [6, 6.07) is 6.28. The molecule has 0 radical (unpaired) electrons. The van der Waals surface area contributed by atoms with Crippen LogP contribution in [0.5, 0.6) is 0 Å². The second-order valence-corrected chi connectivity index (χ2v) is 7.09. The van der Waals surface area contributed by atoms with Crippen LogP contribution < -0.4 is 0 Å². The highest BCUT2D eigenvalue weighted by Crippen LogP contribution is 2.23. The minimum absolute atomic E-state index is 0.0150. The third-order valence-electron chi connectivity index (χ3n) is 5.17. The van der Waals surface area contributed by atoms with Gasteiger partial charge in [-0.05, 0) is 31.3 Å². The number of fused-ring (bicyclic) bond motifs is 1. The Morgan fingerprint density at radius 3 is 2.71 bits per heavy atom. The SMILES string of the molecule is CN1CCN(CC2CN(C(=O)c3cc4cc(F)ccc4[nH]3)C2)CC1. The molecule has 5 nitrogen and oxygen atoms in total. The van der Waals surface area contributed by atoms with Gasteiger partial charge in [-0.3, -0.25) is 4.79 Å². The third kappa shape index (κ3) is 3.03. The Bertz CT molecular complexity index is 745. The van der Waals surface area contributed by atoms with Crippen molar-refractivity contribution in [2.24, 2.45) is 5.92 Å². The lowest BCUT2D eigenvalue weighted by Gasteiger charge is -2.43. The summed E-state index contributed by atoms with van der Waals surface area (Å²) in [6.07, 6.45) is 0. The minimum Gasteiger partial charge on any atom is -0.351 e. The fraction of sp³-hybridized carbons (Fsp3) is 0.500. The zero-order chi connectivity index (χ0) is 16.7. The van der Waals surface area contributed by atoms with Crippen LogP contribution in [0.3, 0.4) is 0 Å². The van der Waals surface area contributed by atoms with Crippen molar-refractivity contribution in [3.05, 3.63) is 35.8 Å². The smallest absolute Gasteiger partial charge is 0.270 e. The molecule has 1 N–H and O–H groups in total. The average molecular weight is 330 g/mol. The van der Waals surface area contributed by atoms with Crippen LogP contribution in [0.2, 0.25) is 0 Å². The molecule has 1 aromatic carbocycles. The maximum Gasteiger partial charge on any atom is 0.270 e. The first-order valence-corrected chi connectivity index (χ1v) is 8.57. The molecule has 0 spiro atoms. The Morgan fingerprint density at radius 2 is 1.96 bits per heavy atom. The average Bonchev–Trinajstić information content (AvgIpc) is 2.94. The van der Waals surface area contributed by atoms with E-state index in [-0.39, 0.29) is 11.7 Å². The predicted molar refractivity (Wildman–Crippen MR) is 91.6 cm³/mol. The monoisotopic (exact) mass is 330 g/mol. The van der Waals surface area contributed by atoms with Crippen LogP contribution >= 0.6 is 0 Å². The molecule has 2 aliphatic heterocycles. The van der Waals surface area contributed by atoms with E-state index in [2.05, 4.69) is 21.8 Å². The number of hydrogen-bond acceptors (Lipinski definition) is 3. The topological polar surface area (TPSA) is 42.6 Å². The summed E-state index contributed by atoms with van der Waals surface area (Å²) >= 11 is 0. The molecule has 24 heavy (non-hydrogen) atoms. The number of nitrogens with one attached hydrogen (secondary N) is 1. The van der Waals surface area contributed by atoms with E-state index in [1.54, 1.807) is 12.1 Å². The van der Waals surface area contributed by atoms with E-state index in [4.69, 9.17) is 0 Å². The van der Waals surface area contributed by atoms with Gasteiger partial charge in [0, 0.05) is 62.6 Å². The number of likely N-dealkylation sites (tertiary alicyclic amines) is 1. The van der Waals surface area contributed by atoms with Crippen LogP contribution in [-0.4, -0.2) is 78.5 Å². The Hall–Kier alpha value is -1.92. The number of hydrogen-bond donors (Lipinski definition) is 1. The van der Waals surface area contributed by atoms with Crippen molar-refractivity contribution in [2.45, 2.75) is 0 Å². The highest BCUT2D eigenvalue weighted by molar-refractivity contribution is 5.98. The van der Waals surface area contributed by atoms with E-state index in [1.165, 1.54) is 12.1 Å². The number of carbonyl (C=O) groups is 1. The number of aromatic amines is 1. The normalized spacial score (nSPS) is 20.5. The van der Waals surface area contributed by atoms with Crippen LogP contribution in [-0.2, 0) is 0 Å². The number of aromatic nitrogens is 1. The van der Waals surface area contributed by atoms with Gasteiger partial charge >= 0.3 is 0 Å². The van der Waals surface area contributed by atoms with Crippen molar-refractivity contribution in [3.8, 4) is 0 Å². The number of halogens is 1. The minimum atomic E-state index is -0.281. The maximum atomic E-state index is 13.3. The Kier molecular flexibility index (Phi) is 4.02. The molecule has 128 valence electrons. The number of amides is 1. The van der Waals surface area contributed by atoms with E-state index < -0.39 is 0 Å². The molecule has 2 aliphatic rings. The molecular formula is C18H23FN4O. The van der Waals surface area contributed by atoms with E-state index in [9.17, 15) is 9.18 Å². The summed E-state index contributed by atoms with van der Waals surface area (Å²) in [5, 5.41) is 0.743. The quantitative estimate of drug-likeness (QED) is 0.930. The first-order chi connectivity index (χ1) is 11.6. The number of piperazine rings is 1. The van der Waals surface area contributed by atoms with Crippen molar-refractivity contribution in [1.82, 2.24) is 19.7 Å². The van der Waals surface area contributed by atoms with Crippen LogP contribution in [0.15, 0.2) is 24.3 Å². The molecule has 0 atom stereocenters. The highest BCUT2D eigenvalue weighted by atomic mass is 19.1. The fourth-order valence-electron chi connectivity index (χ4n) is 3.64. The standard InChI is InChI=1S/C18H23FN4O/c1-21-4-6-22(7-5-21)10-13-11-23(12-13)18(24)17-9-14-8-15(19)2-3-16(14)20-17/h2-3,8-9,13,20H,4-7,10-12H2,1H3. The summed E-state index contributed by atoms with van der Waals surface area (Å²) in [5.74, 6) is 0.303. The number of nitrogens with zero attached hydrogens (tertiary/aromatic N) is 3. The largest absolute Gasteiger partial charge is 0.351 e. The van der Waals surface area contributed by atoms with Crippen molar-refractivity contribution >= 4 is 16.8 Å². The van der Waals surface area contributed by atoms with Crippen molar-refractivity contribution in [3.63, 3.8) is 0 Å². The van der Waals surface area contributed by atoms with Crippen LogP contribution in [0.25, 0.3) is 10.9 Å². The van der Waals surface area contributed by atoms with Gasteiger partial charge in [-0.1, -0.05) is 0 Å². The van der Waals surface area contributed by atoms with Crippen LogP contribution in [0.4, 0.5) is 4.39 Å². The zero-order valence-electron chi connectivity index (χ0n) is 14.0. The maximum absolute atomic E-state index is 13.3. The van der Waals surface area contributed by atoms with Crippen molar-refractivity contribution < 1.29 is 9.18 Å². The first kappa shape index (κ1) is 15.6. The highest BCUT2D eigenvalue weighted by Gasteiger charge is 2.33. The molecule has 1 aromatic heterocycles. The van der Waals surface area contributed by atoms with Gasteiger partial charge in [0.25, 0.3) is 5.91 Å². The van der Waals surface area contributed by atoms with Gasteiger partial charge in [0.2, 0.25) is 0 Å². The fourth-order valence-corrected chi connectivity index (χ4v) is 3.64. The summed E-state index contributed by atoms with van der Waals surface area (Å²) < 4.78 is 13.3. The molecule has 6 heteroatoms. The molecule has 0 bridgehead atoms. The second kappa shape index (κ2) is 6.18. The molecule has 1 amide bonds. The molecule has 0 aliphatic carbocycles. The van der Waals surface area contributed by atoms with Gasteiger partial charge in [0.05, 0.1) is 0 Å². The number of rotatable bonds is 3. The third-order valence-corrected chi connectivity index (χ3v) is 5.17. The number of likely N-dealkylation sites (N-methyl/N-ethyl adjacent to an activating group) is 1. The molecule has 2 fully saturated rings. The van der Waals surface area contributed by atoms with Crippen molar-refractivity contribution in [1.29, 1.82) is 0 Å². The van der Waals surface area contributed by atoms with Gasteiger partial charge in [-0.25, -0.2) is 4.39 Å². The summed E-state index contributed by atoms with van der Waals surface area (Å²) in [7, 11) is 2.16. The molecule has 2 saturated heterocycles. The molecule has 0 saturated carbocycles. The first-order valence-electron chi connectivity index (χ1n) is 8.57. The van der Waals surface area contributed by atoms with Crippen LogP contribution in [0, 0.1) is 11.7 Å². The van der Waals surface area contributed by atoms with E-state index >= 15 is 0 Å². The van der Waals surface area contributed by atoms with Crippen LogP contribution in [0.1, 0.15) is 10.5 Å². The van der Waals surface area contributed by atoms with Gasteiger partial charge in [-0.2, -0.15) is 0 Å². The summed E-state index contributed by atoms with van der Waals surface area (Å²) in [4.78, 5) is 22.4. The van der Waals surface area contributed by atoms with Gasteiger partial charge in [0.15, 0.2) is 0 Å². The molecule has 2 aromatic rings. The molecular weight excluding hydrogens is 307 g/mol. The number of benzene rings is 1. The Morgan fingerprint density at radius 1 is 1.21 bits per heavy atom. The predicted octanol–water partition coefficient (Wildman–Crippen LogP) is 1.63. The molecule has 0 unspecified atom stereocenters. The second-order valence-electron chi connectivity index (χ2n) is 7.09. The van der Waals surface area contributed by atoms with Crippen molar-refractivity contribution in [2.75, 3.05) is 52.9 Å². The number of H-pyrrole nitrogens is 1. The summed E-state index contributed by atoms with van der Waals surface area (Å²) in [5.41, 5.74) is 1.35.